The van der Waals surface area contributed by atoms with Crippen LogP contribution >= 0.6 is 0 Å². The zero-order chi connectivity index (χ0) is 19.9. The van der Waals surface area contributed by atoms with Crippen LogP contribution in [-0.4, -0.2) is 24.7 Å². The molecule has 3 N–H and O–H groups in total. The van der Waals surface area contributed by atoms with Crippen molar-refractivity contribution in [3.8, 4) is 11.5 Å². The highest BCUT2D eigenvalue weighted by molar-refractivity contribution is 5.84. The molecule has 5 nitrogen and oxygen atoms in total. The van der Waals surface area contributed by atoms with E-state index in [4.69, 9.17) is 4.74 Å². The Bertz CT molecular complexity index is 969. The molecule has 0 saturated heterocycles. The number of rotatable bonds is 6. The smallest absolute Gasteiger partial charge is 0.192 e. The molecule has 1 unspecified atom stereocenters. The molecule has 0 aromatic heterocycles. The normalized spacial score (nSPS) is 12.6. The molecule has 0 aliphatic heterocycles. The number of aromatic hydroxyl groups is 1. The van der Waals surface area contributed by atoms with Gasteiger partial charge < -0.3 is 20.5 Å². The molecule has 0 amide bonds. The quantitative estimate of drug-likeness (QED) is 0.441. The Morgan fingerprint density at radius 1 is 1.07 bits per heavy atom. The van der Waals surface area contributed by atoms with Gasteiger partial charge in [0, 0.05) is 12.1 Å². The summed E-state index contributed by atoms with van der Waals surface area (Å²) in [7, 11) is 1.54. The van der Waals surface area contributed by atoms with Crippen LogP contribution in [0, 0.1) is 0 Å². The van der Waals surface area contributed by atoms with E-state index >= 15 is 0 Å². The van der Waals surface area contributed by atoms with E-state index in [9.17, 15) is 5.11 Å². The van der Waals surface area contributed by atoms with Crippen LogP contribution in [0.2, 0.25) is 0 Å². The fourth-order valence-corrected chi connectivity index (χ4v) is 3.11. The molecule has 3 aromatic rings. The Morgan fingerprint density at radius 2 is 1.86 bits per heavy atom. The molecule has 0 fully saturated rings. The van der Waals surface area contributed by atoms with Crippen molar-refractivity contribution in [2.24, 2.45) is 4.99 Å². The van der Waals surface area contributed by atoms with Gasteiger partial charge in [-0.25, -0.2) is 4.99 Å². The van der Waals surface area contributed by atoms with Crippen LogP contribution < -0.4 is 15.4 Å². The Hall–Kier alpha value is -3.21. The fraction of sp³-hybridized carbons (Fsp3) is 0.261. The summed E-state index contributed by atoms with van der Waals surface area (Å²) < 4.78 is 5.17. The molecule has 0 heterocycles. The number of benzene rings is 3. The number of phenols is 1. The minimum atomic E-state index is 0.0845. The van der Waals surface area contributed by atoms with Gasteiger partial charge in [-0.3, -0.25) is 0 Å². The van der Waals surface area contributed by atoms with Crippen molar-refractivity contribution in [1.82, 2.24) is 10.6 Å². The van der Waals surface area contributed by atoms with Crippen LogP contribution in [0.5, 0.6) is 11.5 Å². The van der Waals surface area contributed by atoms with E-state index in [0.717, 1.165) is 12.1 Å². The average Bonchev–Trinajstić information content (AvgIpc) is 2.72. The van der Waals surface area contributed by atoms with Gasteiger partial charge in [0.25, 0.3) is 0 Å². The third kappa shape index (κ3) is 4.55. The maximum absolute atomic E-state index is 10.3. The molecular weight excluding hydrogens is 350 g/mol. The number of nitrogens with zero attached hydrogens (tertiary/aromatic N) is 1. The number of phenolic OH excluding ortho intramolecular Hbond substituents is 1. The van der Waals surface area contributed by atoms with Gasteiger partial charge in [-0.15, -0.1) is 0 Å². The lowest BCUT2D eigenvalue weighted by atomic mass is 10.0. The minimum Gasteiger partial charge on any atom is -0.504 e. The van der Waals surface area contributed by atoms with Crippen LogP contribution in [0.3, 0.4) is 0 Å². The molecule has 3 aromatic carbocycles. The topological polar surface area (TPSA) is 65.9 Å². The Kier molecular flexibility index (Phi) is 6.37. The van der Waals surface area contributed by atoms with Crippen LogP contribution in [0.25, 0.3) is 10.8 Å². The molecule has 1 atom stereocenters. The van der Waals surface area contributed by atoms with Crippen molar-refractivity contribution in [3.63, 3.8) is 0 Å². The van der Waals surface area contributed by atoms with E-state index in [1.165, 1.54) is 16.3 Å². The highest BCUT2D eigenvalue weighted by Gasteiger charge is 2.10. The van der Waals surface area contributed by atoms with Crippen molar-refractivity contribution >= 4 is 16.7 Å². The predicted octanol–water partition coefficient (Wildman–Crippen LogP) is 4.37. The summed E-state index contributed by atoms with van der Waals surface area (Å²) in [6.45, 7) is 5.24. The van der Waals surface area contributed by atoms with Crippen molar-refractivity contribution in [2.75, 3.05) is 13.7 Å². The predicted molar refractivity (Wildman–Crippen MR) is 115 cm³/mol. The third-order valence-corrected chi connectivity index (χ3v) is 4.68. The van der Waals surface area contributed by atoms with E-state index in [-0.39, 0.29) is 11.8 Å². The molecule has 0 bridgehead atoms. The lowest BCUT2D eigenvalue weighted by Gasteiger charge is -2.19. The second-order valence-corrected chi connectivity index (χ2v) is 6.64. The number of hydrogen-bond acceptors (Lipinski definition) is 3. The molecule has 0 spiro atoms. The number of ether oxygens (including phenoxy) is 1. The van der Waals surface area contributed by atoms with Gasteiger partial charge in [-0.1, -0.05) is 48.5 Å². The first kappa shape index (κ1) is 19.5. The van der Waals surface area contributed by atoms with E-state index in [0.29, 0.717) is 18.3 Å². The number of aliphatic imine (C=N–C) groups is 1. The summed E-state index contributed by atoms with van der Waals surface area (Å²) in [4.78, 5) is 4.63. The molecule has 3 rings (SSSR count). The Balaban J connectivity index is 1.76. The zero-order valence-corrected chi connectivity index (χ0v) is 16.6. The van der Waals surface area contributed by atoms with Gasteiger partial charge in [0.2, 0.25) is 0 Å². The Morgan fingerprint density at radius 3 is 2.61 bits per heavy atom. The van der Waals surface area contributed by atoms with Crippen molar-refractivity contribution in [2.45, 2.75) is 26.4 Å². The first-order chi connectivity index (χ1) is 13.6. The highest BCUT2D eigenvalue weighted by Crippen LogP contribution is 2.29. The molecular formula is C23H27N3O2. The van der Waals surface area contributed by atoms with Crippen LogP contribution in [0.4, 0.5) is 0 Å². The summed E-state index contributed by atoms with van der Waals surface area (Å²) >= 11 is 0. The maximum Gasteiger partial charge on any atom is 0.192 e. The van der Waals surface area contributed by atoms with Gasteiger partial charge in [0.15, 0.2) is 17.5 Å². The molecule has 146 valence electrons. The standard InChI is InChI=1S/C23H27N3O2/c1-4-24-23(25-15-20-10-7-11-21(28-3)22(20)27)26-16(2)18-13-12-17-8-5-6-9-19(17)14-18/h5-14,16,27H,4,15H2,1-3H3,(H2,24,25,26). The lowest BCUT2D eigenvalue weighted by Crippen LogP contribution is -2.38. The molecule has 0 aliphatic rings. The van der Waals surface area contributed by atoms with E-state index in [1.54, 1.807) is 13.2 Å². The molecule has 28 heavy (non-hydrogen) atoms. The van der Waals surface area contributed by atoms with Crippen molar-refractivity contribution in [1.29, 1.82) is 0 Å². The highest BCUT2D eigenvalue weighted by atomic mass is 16.5. The number of methoxy groups -OCH3 is 1. The third-order valence-electron chi connectivity index (χ3n) is 4.68. The zero-order valence-electron chi connectivity index (χ0n) is 16.6. The summed E-state index contributed by atoms with van der Waals surface area (Å²) in [5, 5.41) is 19.4. The number of para-hydroxylation sites is 1. The molecule has 0 aliphatic carbocycles. The number of guanidine groups is 1. The van der Waals surface area contributed by atoms with E-state index < -0.39 is 0 Å². The van der Waals surface area contributed by atoms with E-state index in [2.05, 4.69) is 58.9 Å². The summed E-state index contributed by atoms with van der Waals surface area (Å²) in [5.74, 6) is 1.28. The Labute approximate surface area is 166 Å². The first-order valence-corrected chi connectivity index (χ1v) is 9.50. The van der Waals surface area contributed by atoms with Gasteiger partial charge in [-0.2, -0.15) is 0 Å². The maximum atomic E-state index is 10.3. The van der Waals surface area contributed by atoms with Gasteiger partial charge in [0.1, 0.15) is 0 Å². The second-order valence-electron chi connectivity index (χ2n) is 6.64. The van der Waals surface area contributed by atoms with Gasteiger partial charge >= 0.3 is 0 Å². The lowest BCUT2D eigenvalue weighted by molar-refractivity contribution is 0.370. The summed E-state index contributed by atoms with van der Waals surface area (Å²) in [6.07, 6.45) is 0. The summed E-state index contributed by atoms with van der Waals surface area (Å²) in [5.41, 5.74) is 1.91. The minimum absolute atomic E-state index is 0.0845. The molecule has 0 radical (unpaired) electrons. The average molecular weight is 377 g/mol. The van der Waals surface area contributed by atoms with Gasteiger partial charge in [0.05, 0.1) is 19.7 Å². The van der Waals surface area contributed by atoms with Crippen LogP contribution in [0.15, 0.2) is 65.7 Å². The molecule has 0 saturated carbocycles. The van der Waals surface area contributed by atoms with Crippen LogP contribution in [0.1, 0.15) is 31.0 Å². The van der Waals surface area contributed by atoms with E-state index in [1.807, 2.05) is 25.1 Å². The number of nitrogens with one attached hydrogen (secondary N) is 2. The fourth-order valence-electron chi connectivity index (χ4n) is 3.11. The van der Waals surface area contributed by atoms with Crippen LogP contribution in [-0.2, 0) is 6.54 Å². The number of hydrogen-bond donors (Lipinski definition) is 3. The first-order valence-electron chi connectivity index (χ1n) is 9.50. The van der Waals surface area contributed by atoms with Gasteiger partial charge in [-0.05, 0) is 42.3 Å². The SMILES string of the molecule is CCNC(=NCc1cccc(OC)c1O)NC(C)c1ccc2ccccc2c1. The largest absolute Gasteiger partial charge is 0.504 e. The van der Waals surface area contributed by atoms with Crippen molar-refractivity contribution < 1.29 is 9.84 Å². The second kappa shape index (κ2) is 9.13. The van der Waals surface area contributed by atoms with Crippen molar-refractivity contribution in [3.05, 3.63) is 71.8 Å². The monoisotopic (exact) mass is 377 g/mol. The molecule has 5 heteroatoms. The number of fused-ring (bicyclic) bond motifs is 1. The summed E-state index contributed by atoms with van der Waals surface area (Å²) in [6, 6.07) is 20.3.